The van der Waals surface area contributed by atoms with E-state index in [2.05, 4.69) is 43.1 Å². The topological polar surface area (TPSA) is 12.4 Å². The molecular weight excluding hydrogens is 190 g/mol. The van der Waals surface area contributed by atoms with E-state index in [1.165, 1.54) is 10.6 Å². The molecule has 1 saturated heterocycles. The summed E-state index contributed by atoms with van der Waals surface area (Å²) in [5.41, 5.74) is 1.30. The van der Waals surface area contributed by atoms with Crippen molar-refractivity contribution in [3.8, 4) is 0 Å². The highest BCUT2D eigenvalue weighted by molar-refractivity contribution is 8.16. The lowest BCUT2D eigenvalue weighted by molar-refractivity contribution is 0.739. The van der Waals surface area contributed by atoms with Gasteiger partial charge in [0.25, 0.3) is 0 Å². The van der Waals surface area contributed by atoms with E-state index in [1.54, 1.807) is 0 Å². The van der Waals surface area contributed by atoms with Crippen LogP contribution < -0.4 is 0 Å². The van der Waals surface area contributed by atoms with Crippen LogP contribution >= 0.6 is 11.8 Å². The number of hydrogen-bond acceptors (Lipinski definition) is 2. The zero-order chi connectivity index (χ0) is 9.97. The van der Waals surface area contributed by atoms with Gasteiger partial charge in [-0.3, -0.25) is 4.99 Å². The smallest absolute Gasteiger partial charge is 0.0722 e. The summed E-state index contributed by atoms with van der Waals surface area (Å²) >= 11 is 1.91. The van der Waals surface area contributed by atoms with Crippen molar-refractivity contribution in [1.29, 1.82) is 0 Å². The monoisotopic (exact) mass is 205 g/mol. The van der Waals surface area contributed by atoms with Crippen LogP contribution in [0.25, 0.3) is 0 Å². The second kappa shape index (κ2) is 4.18. The summed E-state index contributed by atoms with van der Waals surface area (Å²) in [5, 5.41) is 2.07. The molecule has 1 fully saturated rings. The van der Waals surface area contributed by atoms with Crippen LogP contribution in [-0.4, -0.2) is 10.3 Å². The van der Waals surface area contributed by atoms with Crippen LogP contribution in [0.15, 0.2) is 35.3 Å². The van der Waals surface area contributed by atoms with Gasteiger partial charge in [-0.05, 0) is 5.56 Å². The highest BCUT2D eigenvalue weighted by Gasteiger charge is 2.30. The molecule has 2 atom stereocenters. The average Bonchev–Trinajstić information content (AvgIpc) is 2.25. The minimum Gasteiger partial charge on any atom is -0.278 e. The molecule has 0 unspecified atom stereocenters. The summed E-state index contributed by atoms with van der Waals surface area (Å²) in [6.07, 6.45) is 0. The normalized spacial score (nSPS) is 28.9. The molecule has 1 aromatic rings. The summed E-state index contributed by atoms with van der Waals surface area (Å²) in [7, 11) is 0. The molecule has 0 saturated carbocycles. The van der Waals surface area contributed by atoms with Crippen molar-refractivity contribution >= 4 is 16.8 Å². The molecule has 0 radical (unpaired) electrons. The Morgan fingerprint density at radius 2 is 1.93 bits per heavy atom. The third kappa shape index (κ3) is 2.01. The molecular formula is C12H15NS. The molecule has 1 aliphatic heterocycles. The standard InChI is InChI=1S/C12H15NS/c1-9-10(2)14-12(9)13-8-11-6-4-3-5-7-11/h3-7,9-10H,8H2,1-2H3/t9-,10+/m0/s1. The largest absolute Gasteiger partial charge is 0.278 e. The summed E-state index contributed by atoms with van der Waals surface area (Å²) in [6.45, 7) is 5.35. The third-order valence-electron chi connectivity index (χ3n) is 2.66. The molecule has 1 aliphatic rings. The van der Waals surface area contributed by atoms with Gasteiger partial charge >= 0.3 is 0 Å². The Hall–Kier alpha value is -0.760. The lowest BCUT2D eigenvalue weighted by Gasteiger charge is -2.31. The Kier molecular flexibility index (Phi) is 2.92. The zero-order valence-electron chi connectivity index (χ0n) is 8.60. The maximum absolute atomic E-state index is 4.61. The van der Waals surface area contributed by atoms with Crippen molar-refractivity contribution in [2.24, 2.45) is 10.9 Å². The number of hydrogen-bond donors (Lipinski definition) is 0. The highest BCUT2D eigenvalue weighted by atomic mass is 32.2. The second-order valence-electron chi connectivity index (χ2n) is 3.75. The van der Waals surface area contributed by atoms with E-state index in [0.717, 1.165) is 11.8 Å². The molecule has 0 aromatic heterocycles. The Morgan fingerprint density at radius 3 is 2.50 bits per heavy atom. The van der Waals surface area contributed by atoms with Gasteiger partial charge in [0.15, 0.2) is 0 Å². The van der Waals surface area contributed by atoms with Crippen LogP contribution in [0.4, 0.5) is 0 Å². The number of nitrogens with zero attached hydrogens (tertiary/aromatic N) is 1. The van der Waals surface area contributed by atoms with Crippen molar-refractivity contribution in [3.05, 3.63) is 35.9 Å². The fourth-order valence-corrected chi connectivity index (χ4v) is 2.51. The number of rotatable bonds is 2. The molecule has 1 heterocycles. The van der Waals surface area contributed by atoms with Crippen molar-refractivity contribution in [1.82, 2.24) is 0 Å². The van der Waals surface area contributed by atoms with Gasteiger partial charge in [-0.2, -0.15) is 0 Å². The maximum atomic E-state index is 4.61. The molecule has 0 N–H and O–H groups in total. The van der Waals surface area contributed by atoms with Gasteiger partial charge in [0, 0.05) is 11.2 Å². The Morgan fingerprint density at radius 1 is 1.21 bits per heavy atom. The molecule has 1 nitrogen and oxygen atoms in total. The minimum absolute atomic E-state index is 0.670. The molecule has 2 heteroatoms. The summed E-state index contributed by atoms with van der Waals surface area (Å²) in [6, 6.07) is 10.4. The third-order valence-corrected chi connectivity index (χ3v) is 4.18. The molecule has 0 amide bonds. The maximum Gasteiger partial charge on any atom is 0.0722 e. The van der Waals surface area contributed by atoms with Gasteiger partial charge in [0.2, 0.25) is 0 Å². The van der Waals surface area contributed by atoms with E-state index < -0.39 is 0 Å². The van der Waals surface area contributed by atoms with Crippen LogP contribution in [0, 0.1) is 5.92 Å². The van der Waals surface area contributed by atoms with Gasteiger partial charge in [-0.15, -0.1) is 11.8 Å². The van der Waals surface area contributed by atoms with E-state index in [9.17, 15) is 0 Å². The van der Waals surface area contributed by atoms with Gasteiger partial charge < -0.3 is 0 Å². The molecule has 0 aliphatic carbocycles. The Labute approximate surface area is 89.6 Å². The first kappa shape index (κ1) is 9.78. The Balaban J connectivity index is 1.95. The molecule has 2 rings (SSSR count). The summed E-state index contributed by atoms with van der Waals surface area (Å²) in [5.74, 6) is 0.670. The predicted octanol–water partition coefficient (Wildman–Crippen LogP) is 3.36. The molecule has 74 valence electrons. The summed E-state index contributed by atoms with van der Waals surface area (Å²) in [4.78, 5) is 4.61. The van der Waals surface area contributed by atoms with Gasteiger partial charge in [-0.25, -0.2) is 0 Å². The molecule has 0 spiro atoms. The lowest BCUT2D eigenvalue weighted by atomic mass is 10.1. The van der Waals surface area contributed by atoms with Crippen molar-refractivity contribution in [2.75, 3.05) is 0 Å². The van der Waals surface area contributed by atoms with Crippen molar-refractivity contribution in [3.63, 3.8) is 0 Å². The van der Waals surface area contributed by atoms with E-state index in [1.807, 2.05) is 17.8 Å². The van der Waals surface area contributed by atoms with Crippen LogP contribution in [0.3, 0.4) is 0 Å². The number of aliphatic imine (C=N–C) groups is 1. The van der Waals surface area contributed by atoms with Gasteiger partial charge in [0.1, 0.15) is 0 Å². The van der Waals surface area contributed by atoms with E-state index in [-0.39, 0.29) is 0 Å². The fraction of sp³-hybridized carbons (Fsp3) is 0.417. The molecule has 1 aromatic carbocycles. The van der Waals surface area contributed by atoms with E-state index >= 15 is 0 Å². The first-order chi connectivity index (χ1) is 6.77. The molecule has 14 heavy (non-hydrogen) atoms. The Bertz CT molecular complexity index is 331. The lowest BCUT2D eigenvalue weighted by Crippen LogP contribution is -2.31. The number of thioether (sulfide) groups is 1. The van der Waals surface area contributed by atoms with E-state index in [4.69, 9.17) is 0 Å². The van der Waals surface area contributed by atoms with E-state index in [0.29, 0.717) is 5.92 Å². The molecule has 0 bridgehead atoms. The SMILES string of the molecule is C[C@@H]1C(=NCc2ccccc2)S[C@@H]1C. The summed E-state index contributed by atoms with van der Waals surface area (Å²) < 4.78 is 0. The van der Waals surface area contributed by atoms with Crippen LogP contribution in [-0.2, 0) is 6.54 Å². The van der Waals surface area contributed by atoms with Crippen LogP contribution in [0.5, 0.6) is 0 Å². The van der Waals surface area contributed by atoms with Crippen molar-refractivity contribution in [2.45, 2.75) is 25.6 Å². The first-order valence-corrected chi connectivity index (χ1v) is 5.90. The van der Waals surface area contributed by atoms with Gasteiger partial charge in [-0.1, -0.05) is 44.2 Å². The van der Waals surface area contributed by atoms with Crippen molar-refractivity contribution < 1.29 is 0 Å². The highest BCUT2D eigenvalue weighted by Crippen LogP contribution is 2.36. The average molecular weight is 205 g/mol. The quantitative estimate of drug-likeness (QED) is 0.721. The first-order valence-electron chi connectivity index (χ1n) is 5.02. The zero-order valence-corrected chi connectivity index (χ0v) is 9.42. The van der Waals surface area contributed by atoms with Gasteiger partial charge in [0.05, 0.1) is 11.6 Å². The predicted molar refractivity (Wildman–Crippen MR) is 63.8 cm³/mol. The second-order valence-corrected chi connectivity index (χ2v) is 5.15. The van der Waals surface area contributed by atoms with Crippen LogP contribution in [0.1, 0.15) is 19.4 Å². The number of benzene rings is 1. The van der Waals surface area contributed by atoms with Crippen LogP contribution in [0.2, 0.25) is 0 Å². The minimum atomic E-state index is 0.670. The fourth-order valence-electron chi connectivity index (χ4n) is 1.46.